The summed E-state index contributed by atoms with van der Waals surface area (Å²) in [7, 11) is 0. The van der Waals surface area contributed by atoms with Gasteiger partial charge in [-0.1, -0.05) is 56.0 Å². The molecule has 4 rings (SSSR count). The second-order valence-corrected chi connectivity index (χ2v) is 11.1. The van der Waals surface area contributed by atoms with E-state index in [9.17, 15) is 24.6 Å². The van der Waals surface area contributed by atoms with Crippen LogP contribution in [-0.2, 0) is 20.8 Å². The van der Waals surface area contributed by atoms with E-state index in [4.69, 9.17) is 0 Å². The summed E-state index contributed by atoms with van der Waals surface area (Å²) < 4.78 is 0. The predicted molar refractivity (Wildman–Crippen MR) is 133 cm³/mol. The molecule has 1 aliphatic heterocycles. The van der Waals surface area contributed by atoms with Gasteiger partial charge >= 0.3 is 11.9 Å². The number of carboxylic acids is 2. The van der Waals surface area contributed by atoms with E-state index in [1.54, 1.807) is 0 Å². The summed E-state index contributed by atoms with van der Waals surface area (Å²) in [6.45, 7) is 0.806. The average Bonchev–Trinajstić information content (AvgIpc) is 3.50. The molecule has 3 unspecified atom stereocenters. The molecule has 3 aliphatic rings. The van der Waals surface area contributed by atoms with Gasteiger partial charge in [0.2, 0.25) is 5.91 Å². The zero-order valence-corrected chi connectivity index (χ0v) is 20.6. The molecule has 4 N–H and O–H groups in total. The van der Waals surface area contributed by atoms with Crippen molar-refractivity contribution in [3.8, 4) is 0 Å². The van der Waals surface area contributed by atoms with Gasteiger partial charge < -0.3 is 20.8 Å². The molecular weight excluding hydrogens is 444 g/mol. The Bertz CT molecular complexity index is 883. The third kappa shape index (κ3) is 6.24. The Kier molecular flexibility index (Phi) is 8.47. The van der Waals surface area contributed by atoms with Gasteiger partial charge in [0.1, 0.15) is 6.04 Å². The van der Waals surface area contributed by atoms with Crippen LogP contribution in [0.4, 0.5) is 0 Å². The Morgan fingerprint density at radius 2 is 1.71 bits per heavy atom. The quantitative estimate of drug-likeness (QED) is 0.377. The number of carbonyl (C=O) groups excluding carboxylic acids is 1. The number of aliphatic carboxylic acids is 2. The van der Waals surface area contributed by atoms with Gasteiger partial charge in [-0.2, -0.15) is 0 Å². The molecule has 1 saturated heterocycles. The normalized spacial score (nSPS) is 27.0. The van der Waals surface area contributed by atoms with Crippen molar-refractivity contribution in [2.45, 2.75) is 89.1 Å². The number of aryl methyl sites for hydroxylation is 1. The number of benzene rings is 1. The summed E-state index contributed by atoms with van der Waals surface area (Å²) in [6, 6.07) is 9.34. The van der Waals surface area contributed by atoms with Crippen LogP contribution in [0.3, 0.4) is 0 Å². The second-order valence-electron chi connectivity index (χ2n) is 11.1. The maximum atomic E-state index is 13.6. The van der Waals surface area contributed by atoms with Crippen LogP contribution in [0, 0.1) is 23.2 Å². The third-order valence-electron chi connectivity index (χ3n) is 8.86. The van der Waals surface area contributed by atoms with Gasteiger partial charge in [0.05, 0.1) is 11.3 Å². The second kappa shape index (κ2) is 11.5. The first-order chi connectivity index (χ1) is 16.9. The largest absolute Gasteiger partial charge is 0.481 e. The van der Waals surface area contributed by atoms with Gasteiger partial charge in [-0.3, -0.25) is 9.59 Å². The highest BCUT2D eigenvalue weighted by molar-refractivity contribution is 5.88. The minimum Gasteiger partial charge on any atom is -0.481 e. The molecule has 3 fully saturated rings. The molecule has 1 amide bonds. The first-order valence-electron chi connectivity index (χ1n) is 13.4. The smallest absolute Gasteiger partial charge is 0.326 e. The highest BCUT2D eigenvalue weighted by Gasteiger charge is 2.46. The van der Waals surface area contributed by atoms with Crippen molar-refractivity contribution >= 4 is 17.8 Å². The molecule has 0 radical (unpaired) electrons. The SMILES string of the molecule is O=C(O)[C@H](CCc1ccccc1)CC1(C(=O)N[C@@H](CC2CNC3CCCCC23)C(=O)O)CCCC1. The molecular formula is C28H40N2O5. The molecule has 0 bridgehead atoms. The van der Waals surface area contributed by atoms with Gasteiger partial charge in [-0.05, 0) is 75.3 Å². The maximum absolute atomic E-state index is 13.6. The Balaban J connectivity index is 1.41. The summed E-state index contributed by atoms with van der Waals surface area (Å²) in [4.78, 5) is 37.9. The molecule has 1 aromatic carbocycles. The van der Waals surface area contributed by atoms with Crippen LogP contribution >= 0.6 is 0 Å². The Morgan fingerprint density at radius 3 is 2.40 bits per heavy atom. The number of carbonyl (C=O) groups is 3. The lowest BCUT2D eigenvalue weighted by molar-refractivity contribution is -0.147. The minimum atomic E-state index is -0.996. The molecule has 2 aliphatic carbocycles. The van der Waals surface area contributed by atoms with E-state index in [2.05, 4.69) is 10.6 Å². The molecule has 1 aromatic rings. The zero-order chi connectivity index (χ0) is 24.8. The highest BCUT2D eigenvalue weighted by Crippen LogP contribution is 2.45. The summed E-state index contributed by atoms with van der Waals surface area (Å²) in [5, 5.41) is 26.3. The van der Waals surface area contributed by atoms with E-state index in [-0.39, 0.29) is 18.2 Å². The van der Waals surface area contributed by atoms with Gasteiger partial charge in [0.25, 0.3) is 0 Å². The van der Waals surface area contributed by atoms with Gasteiger partial charge in [0.15, 0.2) is 0 Å². The number of rotatable bonds is 11. The molecule has 1 heterocycles. The molecule has 0 spiro atoms. The van der Waals surface area contributed by atoms with E-state index in [1.807, 2.05) is 30.3 Å². The summed E-state index contributed by atoms with van der Waals surface area (Å²) in [6.07, 6.45) is 9.46. The number of hydrogen-bond donors (Lipinski definition) is 4. The van der Waals surface area contributed by atoms with Gasteiger partial charge in [-0.15, -0.1) is 0 Å². The van der Waals surface area contributed by atoms with Crippen LogP contribution in [-0.4, -0.2) is 46.7 Å². The van der Waals surface area contributed by atoms with E-state index in [0.29, 0.717) is 44.1 Å². The number of fused-ring (bicyclic) bond motifs is 1. The van der Waals surface area contributed by atoms with Crippen molar-refractivity contribution in [1.82, 2.24) is 10.6 Å². The van der Waals surface area contributed by atoms with Crippen LogP contribution < -0.4 is 10.6 Å². The van der Waals surface area contributed by atoms with Crippen molar-refractivity contribution in [3.05, 3.63) is 35.9 Å². The van der Waals surface area contributed by atoms with Crippen molar-refractivity contribution in [3.63, 3.8) is 0 Å². The highest BCUT2D eigenvalue weighted by atomic mass is 16.4. The lowest BCUT2D eigenvalue weighted by Gasteiger charge is -2.33. The molecule has 7 nitrogen and oxygen atoms in total. The molecule has 7 heteroatoms. The van der Waals surface area contributed by atoms with Crippen molar-refractivity contribution in [1.29, 1.82) is 0 Å². The van der Waals surface area contributed by atoms with E-state index in [0.717, 1.165) is 37.8 Å². The van der Waals surface area contributed by atoms with Crippen LogP contribution in [0.2, 0.25) is 0 Å². The fourth-order valence-electron chi connectivity index (χ4n) is 6.87. The third-order valence-corrected chi connectivity index (χ3v) is 8.86. The molecule has 192 valence electrons. The molecule has 0 aromatic heterocycles. The lowest BCUT2D eigenvalue weighted by Crippen LogP contribution is -2.49. The Labute approximate surface area is 208 Å². The first-order valence-corrected chi connectivity index (χ1v) is 13.4. The van der Waals surface area contributed by atoms with Crippen molar-refractivity contribution in [2.24, 2.45) is 23.2 Å². The average molecular weight is 485 g/mol. The molecule has 2 saturated carbocycles. The maximum Gasteiger partial charge on any atom is 0.326 e. The summed E-state index contributed by atoms with van der Waals surface area (Å²) in [5.41, 5.74) is 0.287. The van der Waals surface area contributed by atoms with Crippen LogP contribution in [0.15, 0.2) is 30.3 Å². The van der Waals surface area contributed by atoms with Crippen molar-refractivity contribution in [2.75, 3.05) is 6.54 Å². The predicted octanol–water partition coefficient (Wildman–Crippen LogP) is 4.01. The Hall–Kier alpha value is -2.41. The van der Waals surface area contributed by atoms with Crippen LogP contribution in [0.1, 0.15) is 76.2 Å². The Morgan fingerprint density at radius 1 is 1.00 bits per heavy atom. The zero-order valence-electron chi connectivity index (χ0n) is 20.6. The van der Waals surface area contributed by atoms with Crippen molar-refractivity contribution < 1.29 is 24.6 Å². The van der Waals surface area contributed by atoms with Crippen LogP contribution in [0.5, 0.6) is 0 Å². The minimum absolute atomic E-state index is 0.249. The lowest BCUT2D eigenvalue weighted by atomic mass is 9.74. The summed E-state index contributed by atoms with van der Waals surface area (Å²) >= 11 is 0. The number of carboxylic acid groups (broad SMARTS) is 2. The number of amides is 1. The number of hydrogen-bond acceptors (Lipinski definition) is 4. The standard InChI is InChI=1S/C28H40N2O5/c31-25(32)20(13-12-19-8-2-1-3-9-19)17-28(14-6-7-15-28)27(35)30-24(26(33)34)16-21-18-29-23-11-5-4-10-22(21)23/h1-3,8-9,20-24,29H,4-7,10-18H2,(H,30,35)(H,31,32)(H,33,34)/t20-,21?,22?,23?,24+/m1/s1. The number of nitrogens with one attached hydrogen (secondary N) is 2. The van der Waals surface area contributed by atoms with E-state index >= 15 is 0 Å². The topological polar surface area (TPSA) is 116 Å². The van der Waals surface area contributed by atoms with E-state index in [1.165, 1.54) is 12.8 Å². The first kappa shape index (κ1) is 25.7. The summed E-state index contributed by atoms with van der Waals surface area (Å²) in [5.74, 6) is -2.04. The fourth-order valence-corrected chi connectivity index (χ4v) is 6.87. The monoisotopic (exact) mass is 484 g/mol. The van der Waals surface area contributed by atoms with Gasteiger partial charge in [0, 0.05) is 6.04 Å². The molecule has 5 atom stereocenters. The molecule has 35 heavy (non-hydrogen) atoms. The van der Waals surface area contributed by atoms with Crippen LogP contribution in [0.25, 0.3) is 0 Å². The van der Waals surface area contributed by atoms with Gasteiger partial charge in [-0.25, -0.2) is 4.79 Å². The fraction of sp³-hybridized carbons (Fsp3) is 0.679. The van der Waals surface area contributed by atoms with E-state index < -0.39 is 29.3 Å².